The number of ether oxygens (including phenoxy) is 1. The molecule has 1 saturated heterocycles. The Balaban J connectivity index is 1.60. The van der Waals surface area contributed by atoms with Crippen molar-refractivity contribution in [3.8, 4) is 0 Å². The van der Waals surface area contributed by atoms with Crippen LogP contribution < -0.4 is 5.32 Å². The summed E-state index contributed by atoms with van der Waals surface area (Å²) in [5.74, 6) is 0. The Morgan fingerprint density at radius 3 is 2.63 bits per heavy atom. The van der Waals surface area contributed by atoms with Gasteiger partial charge in [-0.1, -0.05) is 48.0 Å². The fraction of sp³-hybridized carbons (Fsp3) is 0.375. The first-order chi connectivity index (χ1) is 13.2. The van der Waals surface area contributed by atoms with E-state index in [-0.39, 0.29) is 11.5 Å². The van der Waals surface area contributed by atoms with Gasteiger partial charge in [-0.2, -0.15) is 0 Å². The number of benzene rings is 2. The molecule has 140 valence electrons. The maximum Gasteiger partial charge on any atom is 0.0818 e. The van der Waals surface area contributed by atoms with Crippen molar-refractivity contribution in [2.75, 3.05) is 19.7 Å². The Labute approximate surface area is 161 Å². The van der Waals surface area contributed by atoms with E-state index in [2.05, 4.69) is 72.7 Å². The van der Waals surface area contributed by atoms with Gasteiger partial charge < -0.3 is 10.1 Å². The molecule has 0 bridgehead atoms. The van der Waals surface area contributed by atoms with E-state index in [0.29, 0.717) is 0 Å². The summed E-state index contributed by atoms with van der Waals surface area (Å²) >= 11 is 0. The first kappa shape index (κ1) is 18.1. The molecular formula is C24H28N2O. The summed E-state index contributed by atoms with van der Waals surface area (Å²) in [4.78, 5) is 4.62. The monoisotopic (exact) mass is 360 g/mol. The standard InChI is InChI=1S/C24H28N2O/c1-18-15-20-7-6-12-26-23(20)22(16-18)19(2)27-17-24(10-13-25-14-11-24)21-8-4-3-5-9-21/h3-9,12,15-16,19,25H,10-11,13-14,17H2,1-2H3. The van der Waals surface area contributed by atoms with Crippen LogP contribution in [0, 0.1) is 6.92 Å². The van der Waals surface area contributed by atoms with Gasteiger partial charge in [-0.15, -0.1) is 0 Å². The van der Waals surface area contributed by atoms with Crippen molar-refractivity contribution in [1.82, 2.24) is 10.3 Å². The molecule has 0 aliphatic carbocycles. The molecule has 4 rings (SSSR count). The van der Waals surface area contributed by atoms with Crippen LogP contribution >= 0.6 is 0 Å². The van der Waals surface area contributed by atoms with E-state index in [1.165, 1.54) is 22.1 Å². The van der Waals surface area contributed by atoms with Crippen molar-refractivity contribution in [2.24, 2.45) is 0 Å². The van der Waals surface area contributed by atoms with Gasteiger partial charge in [-0.05, 0) is 57.5 Å². The lowest BCUT2D eigenvalue weighted by molar-refractivity contribution is 0.0172. The normalized spacial score (nSPS) is 17.7. The summed E-state index contributed by atoms with van der Waals surface area (Å²) in [5, 5.41) is 4.68. The van der Waals surface area contributed by atoms with E-state index >= 15 is 0 Å². The van der Waals surface area contributed by atoms with Crippen LogP contribution in [0.4, 0.5) is 0 Å². The number of fused-ring (bicyclic) bond motifs is 1. The molecule has 1 aromatic heterocycles. The van der Waals surface area contributed by atoms with Gasteiger partial charge in [-0.25, -0.2) is 0 Å². The first-order valence-electron chi connectivity index (χ1n) is 9.91. The van der Waals surface area contributed by atoms with Gasteiger partial charge in [0.1, 0.15) is 0 Å². The highest BCUT2D eigenvalue weighted by Gasteiger charge is 2.34. The topological polar surface area (TPSA) is 34.1 Å². The molecule has 1 fully saturated rings. The van der Waals surface area contributed by atoms with E-state index < -0.39 is 0 Å². The molecule has 0 amide bonds. The molecule has 0 radical (unpaired) electrons. The predicted octanol–water partition coefficient (Wildman–Crippen LogP) is 4.94. The maximum atomic E-state index is 6.52. The molecule has 3 aromatic rings. The largest absolute Gasteiger partial charge is 0.373 e. The molecule has 0 saturated carbocycles. The number of nitrogens with one attached hydrogen (secondary N) is 1. The van der Waals surface area contributed by atoms with Crippen LogP contribution in [0.1, 0.15) is 42.6 Å². The average Bonchev–Trinajstić information content (AvgIpc) is 2.72. The minimum atomic E-state index is 0.0118. The zero-order chi connectivity index (χ0) is 18.7. The Hall–Kier alpha value is -2.23. The first-order valence-corrected chi connectivity index (χ1v) is 9.91. The minimum Gasteiger partial charge on any atom is -0.373 e. The van der Waals surface area contributed by atoms with Crippen molar-refractivity contribution in [3.05, 3.63) is 77.5 Å². The van der Waals surface area contributed by atoms with E-state index in [0.717, 1.165) is 38.1 Å². The van der Waals surface area contributed by atoms with Gasteiger partial charge in [0.2, 0.25) is 0 Å². The second kappa shape index (κ2) is 7.79. The van der Waals surface area contributed by atoms with E-state index in [9.17, 15) is 0 Å². The van der Waals surface area contributed by atoms with Gasteiger partial charge in [0.25, 0.3) is 0 Å². The Morgan fingerprint density at radius 1 is 1.07 bits per heavy atom. The Kier molecular flexibility index (Phi) is 5.24. The number of hydrogen-bond acceptors (Lipinski definition) is 3. The van der Waals surface area contributed by atoms with Gasteiger partial charge in [0.05, 0.1) is 18.2 Å². The third-order valence-corrected chi connectivity index (χ3v) is 5.87. The quantitative estimate of drug-likeness (QED) is 0.699. The molecule has 1 aliphatic heterocycles. The fourth-order valence-corrected chi connectivity index (χ4v) is 4.27. The molecular weight excluding hydrogens is 332 g/mol. The Morgan fingerprint density at radius 2 is 1.85 bits per heavy atom. The lowest BCUT2D eigenvalue weighted by Gasteiger charge is -2.38. The second-order valence-electron chi connectivity index (χ2n) is 7.78. The van der Waals surface area contributed by atoms with E-state index in [1.54, 1.807) is 0 Å². The molecule has 2 aromatic carbocycles. The van der Waals surface area contributed by atoms with Crippen LogP contribution in [-0.2, 0) is 10.2 Å². The minimum absolute atomic E-state index is 0.0118. The van der Waals surface area contributed by atoms with Gasteiger partial charge in [0, 0.05) is 22.6 Å². The summed E-state index contributed by atoms with van der Waals surface area (Å²) in [6, 6.07) is 19.4. The number of hydrogen-bond donors (Lipinski definition) is 1. The molecule has 3 heteroatoms. The molecule has 1 atom stereocenters. The Bertz CT molecular complexity index is 901. The SMILES string of the molecule is Cc1cc(C(C)OCC2(c3ccccc3)CCNCC2)c2ncccc2c1. The summed E-state index contributed by atoms with van der Waals surface area (Å²) in [6.07, 6.45) is 4.09. The number of piperidine rings is 1. The summed E-state index contributed by atoms with van der Waals surface area (Å²) in [5.41, 5.74) is 4.97. The third kappa shape index (κ3) is 3.76. The van der Waals surface area contributed by atoms with Gasteiger partial charge in [0.15, 0.2) is 0 Å². The number of pyridine rings is 1. The van der Waals surface area contributed by atoms with Crippen LogP contribution in [0.3, 0.4) is 0 Å². The highest BCUT2D eigenvalue weighted by atomic mass is 16.5. The lowest BCUT2D eigenvalue weighted by atomic mass is 9.74. The molecule has 2 heterocycles. The van der Waals surface area contributed by atoms with Crippen LogP contribution in [0.15, 0.2) is 60.8 Å². The third-order valence-electron chi connectivity index (χ3n) is 5.87. The zero-order valence-electron chi connectivity index (χ0n) is 16.2. The number of aryl methyl sites for hydroxylation is 1. The van der Waals surface area contributed by atoms with Crippen molar-refractivity contribution < 1.29 is 4.74 Å². The molecule has 3 nitrogen and oxygen atoms in total. The molecule has 1 aliphatic rings. The predicted molar refractivity (Wildman–Crippen MR) is 111 cm³/mol. The van der Waals surface area contributed by atoms with E-state index in [4.69, 9.17) is 4.74 Å². The molecule has 27 heavy (non-hydrogen) atoms. The molecule has 0 spiro atoms. The summed E-state index contributed by atoms with van der Waals surface area (Å²) in [6.45, 7) is 7.12. The van der Waals surface area contributed by atoms with Crippen molar-refractivity contribution in [2.45, 2.75) is 38.2 Å². The van der Waals surface area contributed by atoms with Crippen molar-refractivity contribution in [1.29, 1.82) is 0 Å². The van der Waals surface area contributed by atoms with Crippen molar-refractivity contribution >= 4 is 10.9 Å². The van der Waals surface area contributed by atoms with Gasteiger partial charge in [-0.3, -0.25) is 4.98 Å². The highest BCUT2D eigenvalue weighted by molar-refractivity contribution is 5.82. The molecule has 1 unspecified atom stereocenters. The van der Waals surface area contributed by atoms with Gasteiger partial charge >= 0.3 is 0 Å². The molecule has 1 N–H and O–H groups in total. The van der Waals surface area contributed by atoms with Crippen LogP contribution in [-0.4, -0.2) is 24.7 Å². The van der Waals surface area contributed by atoms with E-state index in [1.807, 2.05) is 12.3 Å². The van der Waals surface area contributed by atoms with Crippen LogP contribution in [0.25, 0.3) is 10.9 Å². The number of rotatable bonds is 5. The van der Waals surface area contributed by atoms with Crippen LogP contribution in [0.2, 0.25) is 0 Å². The highest BCUT2D eigenvalue weighted by Crippen LogP contribution is 2.36. The number of aromatic nitrogens is 1. The average molecular weight is 361 g/mol. The number of nitrogens with zero attached hydrogens (tertiary/aromatic N) is 1. The smallest absolute Gasteiger partial charge is 0.0818 e. The second-order valence-corrected chi connectivity index (χ2v) is 7.78. The maximum absolute atomic E-state index is 6.52. The summed E-state index contributed by atoms with van der Waals surface area (Å²) in [7, 11) is 0. The van der Waals surface area contributed by atoms with Crippen LogP contribution in [0.5, 0.6) is 0 Å². The summed E-state index contributed by atoms with van der Waals surface area (Å²) < 4.78 is 6.52. The fourth-order valence-electron chi connectivity index (χ4n) is 4.27. The van der Waals surface area contributed by atoms with Crippen molar-refractivity contribution in [3.63, 3.8) is 0 Å². The zero-order valence-corrected chi connectivity index (χ0v) is 16.2. The lowest BCUT2D eigenvalue weighted by Crippen LogP contribution is -2.43.